The highest BCUT2D eigenvalue weighted by molar-refractivity contribution is 5.55. The van der Waals surface area contributed by atoms with E-state index < -0.39 is 0 Å². The summed E-state index contributed by atoms with van der Waals surface area (Å²) in [6.45, 7) is 2.66. The van der Waals surface area contributed by atoms with Crippen molar-refractivity contribution in [1.29, 1.82) is 0 Å². The van der Waals surface area contributed by atoms with Gasteiger partial charge in [0, 0.05) is 18.8 Å². The number of rotatable bonds is 1. The van der Waals surface area contributed by atoms with Crippen LogP contribution >= 0.6 is 0 Å². The van der Waals surface area contributed by atoms with Crippen molar-refractivity contribution in [2.75, 3.05) is 13.1 Å². The van der Waals surface area contributed by atoms with E-state index in [1.165, 1.54) is 58.0 Å². The maximum atomic E-state index is 2.55. The van der Waals surface area contributed by atoms with Crippen molar-refractivity contribution < 1.29 is 4.58 Å². The lowest BCUT2D eigenvalue weighted by molar-refractivity contribution is -0.503. The van der Waals surface area contributed by atoms with Crippen LogP contribution < -0.4 is 0 Å². The second kappa shape index (κ2) is 4.06. The van der Waals surface area contributed by atoms with Crippen LogP contribution in [0.4, 0.5) is 0 Å². The minimum Gasteiger partial charge on any atom is -0.239 e. The van der Waals surface area contributed by atoms with Crippen LogP contribution in [-0.4, -0.2) is 23.9 Å². The molecule has 1 heteroatoms. The summed E-state index contributed by atoms with van der Waals surface area (Å²) in [5.74, 6) is 0.928. The number of hydrogen-bond donors (Lipinski definition) is 0. The molecule has 1 nitrogen and oxygen atoms in total. The fourth-order valence-electron chi connectivity index (χ4n) is 2.47. The minimum absolute atomic E-state index is 0.928. The highest BCUT2D eigenvalue weighted by atomic mass is 15.0. The molecule has 0 spiro atoms. The Morgan fingerprint density at radius 2 is 1.50 bits per heavy atom. The van der Waals surface area contributed by atoms with Crippen LogP contribution in [-0.2, 0) is 0 Å². The van der Waals surface area contributed by atoms with E-state index in [4.69, 9.17) is 0 Å². The lowest BCUT2D eigenvalue weighted by Gasteiger charge is -2.15. The topological polar surface area (TPSA) is 3.01 Å². The average Bonchev–Trinajstić information content (AvgIpc) is 2.59. The molecule has 1 aliphatic heterocycles. The van der Waals surface area contributed by atoms with Crippen LogP contribution in [0.25, 0.3) is 0 Å². The summed E-state index contributed by atoms with van der Waals surface area (Å²) >= 11 is 0. The van der Waals surface area contributed by atoms with E-state index in [0.29, 0.717) is 0 Å². The first kappa shape index (κ1) is 8.28. The van der Waals surface area contributed by atoms with Gasteiger partial charge in [0.25, 0.3) is 0 Å². The standard InChI is InChI=1S/C11H20N/c1-2-6-11(7-3-1)10-12-8-4-5-9-12/h10-11H,1-9H2/q+1. The lowest BCUT2D eigenvalue weighted by Crippen LogP contribution is -2.16. The van der Waals surface area contributed by atoms with Crippen molar-refractivity contribution in [2.24, 2.45) is 5.92 Å². The van der Waals surface area contributed by atoms with Crippen LogP contribution in [0.5, 0.6) is 0 Å². The minimum atomic E-state index is 0.928. The van der Waals surface area contributed by atoms with Crippen LogP contribution in [0, 0.1) is 5.92 Å². The molecule has 0 aromatic rings. The third kappa shape index (κ3) is 2.09. The molecule has 1 heterocycles. The van der Waals surface area contributed by atoms with E-state index in [0.717, 1.165) is 5.92 Å². The zero-order valence-corrected chi connectivity index (χ0v) is 7.97. The first-order valence-corrected chi connectivity index (χ1v) is 5.54. The van der Waals surface area contributed by atoms with Gasteiger partial charge in [-0.25, -0.2) is 4.58 Å². The molecule has 68 valence electrons. The molecule has 0 bridgehead atoms. The molecule has 2 fully saturated rings. The maximum absolute atomic E-state index is 2.55. The maximum Gasteiger partial charge on any atom is 0.142 e. The van der Waals surface area contributed by atoms with Gasteiger partial charge in [-0.3, -0.25) is 0 Å². The largest absolute Gasteiger partial charge is 0.239 e. The normalized spacial score (nSPS) is 26.2. The fourth-order valence-corrected chi connectivity index (χ4v) is 2.47. The van der Waals surface area contributed by atoms with E-state index in [-0.39, 0.29) is 0 Å². The van der Waals surface area contributed by atoms with Gasteiger partial charge >= 0.3 is 0 Å². The molecule has 0 aromatic heterocycles. The molecule has 0 unspecified atom stereocenters. The molecule has 1 aliphatic carbocycles. The predicted molar refractivity (Wildman–Crippen MR) is 51.9 cm³/mol. The van der Waals surface area contributed by atoms with Crippen molar-refractivity contribution >= 4 is 6.21 Å². The van der Waals surface area contributed by atoms with Crippen LogP contribution in [0.2, 0.25) is 0 Å². The Balaban J connectivity index is 1.86. The summed E-state index contributed by atoms with van der Waals surface area (Å²) in [6.07, 6.45) is 12.7. The lowest BCUT2D eigenvalue weighted by atomic mass is 9.90. The van der Waals surface area contributed by atoms with Crippen molar-refractivity contribution in [3.63, 3.8) is 0 Å². The van der Waals surface area contributed by atoms with Gasteiger partial charge in [-0.05, 0) is 12.8 Å². The van der Waals surface area contributed by atoms with Gasteiger partial charge in [0.05, 0.1) is 0 Å². The van der Waals surface area contributed by atoms with E-state index >= 15 is 0 Å². The van der Waals surface area contributed by atoms with Crippen molar-refractivity contribution in [2.45, 2.75) is 44.9 Å². The molecular weight excluding hydrogens is 146 g/mol. The van der Waals surface area contributed by atoms with Gasteiger partial charge in [-0.1, -0.05) is 19.3 Å². The van der Waals surface area contributed by atoms with E-state index in [9.17, 15) is 0 Å². The van der Waals surface area contributed by atoms with Crippen LogP contribution in [0.3, 0.4) is 0 Å². The fraction of sp³-hybridized carbons (Fsp3) is 0.909. The number of hydrogen-bond acceptors (Lipinski definition) is 0. The van der Waals surface area contributed by atoms with Crippen LogP contribution in [0.1, 0.15) is 44.9 Å². The third-order valence-corrected chi connectivity index (χ3v) is 3.21. The highest BCUT2D eigenvalue weighted by Gasteiger charge is 2.18. The van der Waals surface area contributed by atoms with Gasteiger partial charge in [0.1, 0.15) is 19.3 Å². The van der Waals surface area contributed by atoms with Gasteiger partial charge < -0.3 is 0 Å². The molecular formula is C11H20N+. The summed E-state index contributed by atoms with van der Waals surface area (Å²) in [5, 5.41) is 0. The molecule has 0 N–H and O–H groups in total. The zero-order valence-electron chi connectivity index (χ0n) is 7.97. The summed E-state index contributed by atoms with van der Waals surface area (Å²) < 4.78 is 2.55. The van der Waals surface area contributed by atoms with E-state index in [1.54, 1.807) is 0 Å². The van der Waals surface area contributed by atoms with Crippen LogP contribution in [0.15, 0.2) is 0 Å². The summed E-state index contributed by atoms with van der Waals surface area (Å²) in [5.41, 5.74) is 0. The average molecular weight is 166 g/mol. The monoisotopic (exact) mass is 166 g/mol. The molecule has 1 saturated heterocycles. The molecule has 1 saturated carbocycles. The van der Waals surface area contributed by atoms with Crippen molar-refractivity contribution in [1.82, 2.24) is 0 Å². The second-order valence-corrected chi connectivity index (χ2v) is 4.29. The van der Waals surface area contributed by atoms with E-state index in [1.807, 2.05) is 0 Å². The summed E-state index contributed by atoms with van der Waals surface area (Å²) in [6, 6.07) is 0. The first-order chi connectivity index (χ1) is 5.95. The van der Waals surface area contributed by atoms with Gasteiger partial charge in [0.15, 0.2) is 0 Å². The molecule has 12 heavy (non-hydrogen) atoms. The molecule has 2 aliphatic rings. The van der Waals surface area contributed by atoms with Gasteiger partial charge in [-0.2, -0.15) is 0 Å². The van der Waals surface area contributed by atoms with Gasteiger partial charge in [-0.15, -0.1) is 0 Å². The molecule has 0 atom stereocenters. The Morgan fingerprint density at radius 3 is 2.17 bits per heavy atom. The Morgan fingerprint density at radius 1 is 0.833 bits per heavy atom. The summed E-state index contributed by atoms with van der Waals surface area (Å²) in [7, 11) is 0. The zero-order chi connectivity index (χ0) is 8.23. The second-order valence-electron chi connectivity index (χ2n) is 4.29. The molecule has 0 amide bonds. The Labute approximate surface area is 75.5 Å². The predicted octanol–water partition coefficient (Wildman–Crippen LogP) is 2.44. The smallest absolute Gasteiger partial charge is 0.142 e. The Hall–Kier alpha value is -0.330. The van der Waals surface area contributed by atoms with Crippen molar-refractivity contribution in [3.8, 4) is 0 Å². The SMILES string of the molecule is C(C1CCCCC1)=[N+]1CCCC1. The van der Waals surface area contributed by atoms with E-state index in [2.05, 4.69) is 10.8 Å². The quantitative estimate of drug-likeness (QED) is 0.526. The molecule has 0 aromatic carbocycles. The summed E-state index contributed by atoms with van der Waals surface area (Å²) in [4.78, 5) is 0. The number of nitrogens with zero attached hydrogens (tertiary/aromatic N) is 1. The Bertz CT molecular complexity index is 158. The molecule has 0 radical (unpaired) electrons. The van der Waals surface area contributed by atoms with Gasteiger partial charge in [0.2, 0.25) is 0 Å². The highest BCUT2D eigenvalue weighted by Crippen LogP contribution is 2.22. The van der Waals surface area contributed by atoms with Crippen molar-refractivity contribution in [3.05, 3.63) is 0 Å². The Kier molecular flexibility index (Phi) is 2.80. The third-order valence-electron chi connectivity index (χ3n) is 3.21. The first-order valence-electron chi connectivity index (χ1n) is 5.54. The molecule has 2 rings (SSSR count).